The number of hydrogen-bond donors (Lipinski definition) is 2. The van der Waals surface area contributed by atoms with Crippen LogP contribution in [0.3, 0.4) is 0 Å². The third-order valence-electron chi connectivity index (χ3n) is 3.87. The minimum atomic E-state index is -0.216. The van der Waals surface area contributed by atoms with Gasteiger partial charge in [0.05, 0.1) is 0 Å². The number of anilines is 1. The van der Waals surface area contributed by atoms with Crippen LogP contribution in [0, 0.1) is 13.8 Å². The van der Waals surface area contributed by atoms with Gasteiger partial charge < -0.3 is 20.1 Å². The number of amides is 2. The third-order valence-corrected chi connectivity index (χ3v) is 4.93. The smallest absolute Gasteiger partial charge is 0.319 e. The van der Waals surface area contributed by atoms with Crippen molar-refractivity contribution in [2.75, 3.05) is 25.1 Å². The Bertz CT molecular complexity index is 712. The van der Waals surface area contributed by atoms with Crippen LogP contribution in [0.25, 0.3) is 0 Å². The molecule has 0 spiro atoms. The highest BCUT2D eigenvalue weighted by atomic mass is 32.1. The van der Waals surface area contributed by atoms with Crippen molar-refractivity contribution in [3.63, 3.8) is 0 Å². The molecule has 122 valence electrons. The zero-order valence-corrected chi connectivity index (χ0v) is 14.1. The highest BCUT2D eigenvalue weighted by Gasteiger charge is 2.12. The lowest BCUT2D eigenvalue weighted by Crippen LogP contribution is -2.30. The molecule has 3 rings (SSSR count). The molecular weight excluding hydrogens is 312 g/mol. The molecule has 0 saturated heterocycles. The second-order valence-corrected chi connectivity index (χ2v) is 6.52. The van der Waals surface area contributed by atoms with Crippen molar-refractivity contribution in [1.29, 1.82) is 0 Å². The highest BCUT2D eigenvalue weighted by Crippen LogP contribution is 2.32. The average Bonchev–Trinajstić information content (AvgIpc) is 2.87. The summed E-state index contributed by atoms with van der Waals surface area (Å²) in [4.78, 5) is 13.3. The summed E-state index contributed by atoms with van der Waals surface area (Å²) in [5.41, 5.74) is 3.31. The van der Waals surface area contributed by atoms with Crippen LogP contribution >= 0.6 is 11.3 Å². The van der Waals surface area contributed by atoms with Crippen molar-refractivity contribution in [2.45, 2.75) is 20.3 Å². The molecule has 23 heavy (non-hydrogen) atoms. The molecule has 0 atom stereocenters. The van der Waals surface area contributed by atoms with Crippen LogP contribution in [0.15, 0.2) is 23.6 Å². The van der Waals surface area contributed by atoms with Crippen LogP contribution in [0.5, 0.6) is 11.5 Å². The first-order chi connectivity index (χ1) is 11.1. The topological polar surface area (TPSA) is 59.6 Å². The van der Waals surface area contributed by atoms with E-state index in [1.54, 1.807) is 23.5 Å². The largest absolute Gasteiger partial charge is 0.486 e. The maximum absolute atomic E-state index is 12.0. The molecule has 1 aromatic carbocycles. The van der Waals surface area contributed by atoms with E-state index in [-0.39, 0.29) is 6.03 Å². The Morgan fingerprint density at radius 3 is 2.74 bits per heavy atom. The summed E-state index contributed by atoms with van der Waals surface area (Å²) in [5, 5.41) is 7.85. The standard InChI is InChI=1S/C17H20N2O3S/c1-11-12(2)23-10-13(11)5-6-18-17(20)19-14-3-4-15-16(9-14)22-8-7-21-15/h3-4,9-10H,5-8H2,1-2H3,(H2,18,19,20). The zero-order valence-electron chi connectivity index (χ0n) is 13.3. The van der Waals surface area contributed by atoms with Gasteiger partial charge in [-0.1, -0.05) is 0 Å². The fraction of sp³-hybridized carbons (Fsp3) is 0.353. The van der Waals surface area contributed by atoms with Crippen LogP contribution in [-0.4, -0.2) is 25.8 Å². The van der Waals surface area contributed by atoms with Crippen molar-refractivity contribution in [1.82, 2.24) is 5.32 Å². The Balaban J connectivity index is 1.50. The molecule has 5 nitrogen and oxygen atoms in total. The molecule has 0 bridgehead atoms. The number of ether oxygens (including phenoxy) is 2. The van der Waals surface area contributed by atoms with Gasteiger partial charge in [-0.2, -0.15) is 0 Å². The Morgan fingerprint density at radius 2 is 2.00 bits per heavy atom. The number of carbonyl (C=O) groups is 1. The highest BCUT2D eigenvalue weighted by molar-refractivity contribution is 7.10. The Morgan fingerprint density at radius 1 is 1.22 bits per heavy atom. The van der Waals surface area contributed by atoms with Gasteiger partial charge in [0.1, 0.15) is 13.2 Å². The summed E-state index contributed by atoms with van der Waals surface area (Å²) < 4.78 is 11.0. The molecule has 2 N–H and O–H groups in total. The van der Waals surface area contributed by atoms with Gasteiger partial charge in [0.25, 0.3) is 0 Å². The summed E-state index contributed by atoms with van der Waals surface area (Å²) in [5.74, 6) is 1.38. The van der Waals surface area contributed by atoms with Gasteiger partial charge in [0.2, 0.25) is 0 Å². The quantitative estimate of drug-likeness (QED) is 0.901. The molecule has 6 heteroatoms. The minimum Gasteiger partial charge on any atom is -0.486 e. The molecule has 0 fully saturated rings. The number of carbonyl (C=O) groups excluding carboxylic acids is 1. The SMILES string of the molecule is Cc1scc(CCNC(=O)Nc2ccc3c(c2)OCCO3)c1C. The van der Waals surface area contributed by atoms with Gasteiger partial charge in [-0.05, 0) is 48.9 Å². The summed E-state index contributed by atoms with van der Waals surface area (Å²) in [6.07, 6.45) is 0.838. The van der Waals surface area contributed by atoms with Crippen molar-refractivity contribution in [2.24, 2.45) is 0 Å². The van der Waals surface area contributed by atoms with E-state index in [1.807, 2.05) is 6.07 Å². The van der Waals surface area contributed by atoms with E-state index in [2.05, 4.69) is 29.9 Å². The Labute approximate surface area is 139 Å². The number of thiophene rings is 1. The molecule has 1 aromatic heterocycles. The summed E-state index contributed by atoms with van der Waals surface area (Å²) >= 11 is 1.75. The molecule has 0 saturated carbocycles. The van der Waals surface area contributed by atoms with Crippen LogP contribution in [0.4, 0.5) is 10.5 Å². The molecule has 0 unspecified atom stereocenters. The average molecular weight is 332 g/mol. The zero-order chi connectivity index (χ0) is 16.2. The van der Waals surface area contributed by atoms with E-state index >= 15 is 0 Å². The van der Waals surface area contributed by atoms with Crippen molar-refractivity contribution in [3.05, 3.63) is 39.6 Å². The monoisotopic (exact) mass is 332 g/mol. The predicted octanol–water partition coefficient (Wildman–Crippen LogP) is 3.50. The molecule has 0 radical (unpaired) electrons. The fourth-order valence-electron chi connectivity index (χ4n) is 2.42. The number of rotatable bonds is 4. The fourth-order valence-corrected chi connectivity index (χ4v) is 3.34. The molecule has 2 heterocycles. The number of aryl methyl sites for hydroxylation is 1. The maximum atomic E-state index is 12.0. The van der Waals surface area contributed by atoms with Crippen LogP contribution in [-0.2, 0) is 6.42 Å². The van der Waals surface area contributed by atoms with Gasteiger partial charge in [-0.25, -0.2) is 4.79 Å². The molecule has 2 amide bonds. The summed E-state index contributed by atoms with van der Waals surface area (Å²) in [6.45, 7) is 5.93. The van der Waals surface area contributed by atoms with Gasteiger partial charge in [-0.15, -0.1) is 11.3 Å². The Hall–Kier alpha value is -2.21. The van der Waals surface area contributed by atoms with Gasteiger partial charge in [-0.3, -0.25) is 0 Å². The molecule has 1 aliphatic rings. The summed E-state index contributed by atoms with van der Waals surface area (Å²) in [6, 6.07) is 5.17. The van der Waals surface area contributed by atoms with Crippen LogP contribution in [0.1, 0.15) is 16.0 Å². The van der Waals surface area contributed by atoms with Gasteiger partial charge in [0.15, 0.2) is 11.5 Å². The first kappa shape index (κ1) is 15.7. The number of benzene rings is 1. The van der Waals surface area contributed by atoms with E-state index in [1.165, 1.54) is 16.0 Å². The van der Waals surface area contributed by atoms with E-state index < -0.39 is 0 Å². The Kier molecular flexibility index (Phi) is 4.71. The number of hydrogen-bond acceptors (Lipinski definition) is 4. The molecular formula is C17H20N2O3S. The number of nitrogens with one attached hydrogen (secondary N) is 2. The van der Waals surface area contributed by atoms with Crippen LogP contribution < -0.4 is 20.1 Å². The normalized spacial score (nSPS) is 12.8. The second-order valence-electron chi connectivity index (χ2n) is 5.43. The first-order valence-corrected chi connectivity index (χ1v) is 8.49. The lowest BCUT2D eigenvalue weighted by Gasteiger charge is -2.19. The lowest BCUT2D eigenvalue weighted by molar-refractivity contribution is 0.171. The number of urea groups is 1. The first-order valence-electron chi connectivity index (χ1n) is 7.61. The van der Waals surface area contributed by atoms with E-state index in [4.69, 9.17) is 9.47 Å². The maximum Gasteiger partial charge on any atom is 0.319 e. The van der Waals surface area contributed by atoms with Crippen molar-refractivity contribution >= 4 is 23.1 Å². The number of fused-ring (bicyclic) bond motifs is 1. The second kappa shape index (κ2) is 6.91. The molecule has 0 aliphatic carbocycles. The third kappa shape index (κ3) is 3.76. The van der Waals surface area contributed by atoms with E-state index in [9.17, 15) is 4.79 Å². The van der Waals surface area contributed by atoms with E-state index in [0.717, 1.165) is 6.42 Å². The molecule has 1 aliphatic heterocycles. The lowest BCUT2D eigenvalue weighted by atomic mass is 10.1. The molecule has 2 aromatic rings. The summed E-state index contributed by atoms with van der Waals surface area (Å²) in [7, 11) is 0. The van der Waals surface area contributed by atoms with Gasteiger partial charge in [0, 0.05) is 23.2 Å². The van der Waals surface area contributed by atoms with Crippen LogP contribution in [0.2, 0.25) is 0 Å². The minimum absolute atomic E-state index is 0.216. The van der Waals surface area contributed by atoms with Gasteiger partial charge >= 0.3 is 6.03 Å². The van der Waals surface area contributed by atoms with Crippen molar-refractivity contribution < 1.29 is 14.3 Å². The van der Waals surface area contributed by atoms with E-state index in [0.29, 0.717) is 36.9 Å². The predicted molar refractivity (Wildman–Crippen MR) is 92.0 cm³/mol. The van der Waals surface area contributed by atoms with Crippen molar-refractivity contribution in [3.8, 4) is 11.5 Å².